The number of pyridine rings is 1. The summed E-state index contributed by atoms with van der Waals surface area (Å²) < 4.78 is 11.7. The second kappa shape index (κ2) is 6.86. The van der Waals surface area contributed by atoms with E-state index in [0.717, 1.165) is 18.6 Å². The van der Waals surface area contributed by atoms with E-state index in [1.54, 1.807) is 6.20 Å². The van der Waals surface area contributed by atoms with E-state index < -0.39 is 0 Å². The van der Waals surface area contributed by atoms with Crippen molar-refractivity contribution in [3.8, 4) is 11.6 Å². The predicted molar refractivity (Wildman–Crippen MR) is 89.5 cm³/mol. The SMILES string of the molecule is CC(C)[C@H](C)NC1CC(Oc2ccc(OC(C)(C)C)cn2)C1. The Balaban J connectivity index is 1.75. The second-order valence-corrected chi connectivity index (χ2v) is 7.65. The molecule has 0 unspecified atom stereocenters. The number of rotatable bonds is 6. The summed E-state index contributed by atoms with van der Waals surface area (Å²) >= 11 is 0. The molecule has 1 heterocycles. The Bertz CT molecular complexity index is 459. The molecule has 1 saturated carbocycles. The van der Waals surface area contributed by atoms with Crippen LogP contribution < -0.4 is 14.8 Å². The molecule has 0 saturated heterocycles. The summed E-state index contributed by atoms with van der Waals surface area (Å²) in [5.74, 6) is 2.12. The molecule has 4 nitrogen and oxygen atoms in total. The minimum atomic E-state index is -0.204. The number of aromatic nitrogens is 1. The number of hydrogen-bond donors (Lipinski definition) is 1. The van der Waals surface area contributed by atoms with Gasteiger partial charge in [-0.2, -0.15) is 0 Å². The van der Waals surface area contributed by atoms with E-state index in [2.05, 4.69) is 31.1 Å². The maximum Gasteiger partial charge on any atom is 0.213 e. The van der Waals surface area contributed by atoms with E-state index in [4.69, 9.17) is 9.47 Å². The van der Waals surface area contributed by atoms with Crippen molar-refractivity contribution in [1.82, 2.24) is 10.3 Å². The third-order valence-corrected chi connectivity index (χ3v) is 4.01. The van der Waals surface area contributed by atoms with Gasteiger partial charge in [-0.25, -0.2) is 4.98 Å². The van der Waals surface area contributed by atoms with Crippen molar-refractivity contribution in [2.24, 2.45) is 5.92 Å². The van der Waals surface area contributed by atoms with E-state index in [1.165, 1.54) is 0 Å². The molecule has 0 aromatic carbocycles. The highest BCUT2D eigenvalue weighted by Crippen LogP contribution is 2.27. The maximum absolute atomic E-state index is 5.90. The van der Waals surface area contributed by atoms with Gasteiger partial charge in [-0.15, -0.1) is 0 Å². The monoisotopic (exact) mass is 306 g/mol. The number of nitrogens with zero attached hydrogens (tertiary/aromatic N) is 1. The highest BCUT2D eigenvalue weighted by atomic mass is 16.5. The second-order valence-electron chi connectivity index (χ2n) is 7.65. The van der Waals surface area contributed by atoms with Gasteiger partial charge in [0.15, 0.2) is 0 Å². The van der Waals surface area contributed by atoms with Gasteiger partial charge in [0, 0.05) is 18.2 Å². The van der Waals surface area contributed by atoms with Gasteiger partial charge >= 0.3 is 0 Å². The molecule has 0 bridgehead atoms. The molecule has 1 atom stereocenters. The fourth-order valence-corrected chi connectivity index (χ4v) is 2.38. The van der Waals surface area contributed by atoms with Gasteiger partial charge in [-0.05, 0) is 52.5 Å². The van der Waals surface area contributed by atoms with Crippen molar-refractivity contribution in [1.29, 1.82) is 0 Å². The van der Waals surface area contributed by atoms with Crippen molar-refractivity contribution >= 4 is 0 Å². The normalized spacial score (nSPS) is 23.0. The third kappa shape index (κ3) is 5.16. The summed E-state index contributed by atoms with van der Waals surface area (Å²) in [6.45, 7) is 12.8. The van der Waals surface area contributed by atoms with Crippen LogP contribution in [0.1, 0.15) is 54.4 Å². The summed E-state index contributed by atoms with van der Waals surface area (Å²) in [6.07, 6.45) is 4.12. The summed E-state index contributed by atoms with van der Waals surface area (Å²) in [5.41, 5.74) is -0.204. The van der Waals surface area contributed by atoms with Crippen LogP contribution in [0.2, 0.25) is 0 Å². The summed E-state index contributed by atoms with van der Waals surface area (Å²) in [4.78, 5) is 4.33. The molecule has 2 rings (SSSR count). The van der Waals surface area contributed by atoms with Crippen LogP contribution in [0, 0.1) is 5.92 Å². The van der Waals surface area contributed by atoms with Crippen LogP contribution in [-0.2, 0) is 0 Å². The highest BCUT2D eigenvalue weighted by molar-refractivity contribution is 5.23. The van der Waals surface area contributed by atoms with Crippen LogP contribution in [0.4, 0.5) is 0 Å². The molecule has 1 N–H and O–H groups in total. The first-order valence-corrected chi connectivity index (χ1v) is 8.30. The number of nitrogens with one attached hydrogen (secondary N) is 1. The Kier molecular flexibility index (Phi) is 5.32. The average molecular weight is 306 g/mol. The first-order valence-electron chi connectivity index (χ1n) is 8.30. The van der Waals surface area contributed by atoms with Crippen LogP contribution >= 0.6 is 0 Å². The highest BCUT2D eigenvalue weighted by Gasteiger charge is 2.32. The molecule has 0 spiro atoms. The molecule has 1 aromatic rings. The van der Waals surface area contributed by atoms with Gasteiger partial charge in [0.2, 0.25) is 5.88 Å². The Labute approximate surface area is 134 Å². The quantitative estimate of drug-likeness (QED) is 0.868. The molecule has 0 radical (unpaired) electrons. The predicted octanol–water partition coefficient (Wildman–Crippen LogP) is 3.80. The van der Waals surface area contributed by atoms with Gasteiger partial charge in [-0.1, -0.05) is 13.8 Å². The molecule has 1 aromatic heterocycles. The Morgan fingerprint density at radius 3 is 2.36 bits per heavy atom. The zero-order valence-corrected chi connectivity index (χ0v) is 14.7. The molecule has 1 fully saturated rings. The van der Waals surface area contributed by atoms with Crippen molar-refractivity contribution < 1.29 is 9.47 Å². The topological polar surface area (TPSA) is 43.4 Å². The zero-order chi connectivity index (χ0) is 16.3. The van der Waals surface area contributed by atoms with Crippen molar-refractivity contribution in [3.05, 3.63) is 18.3 Å². The lowest BCUT2D eigenvalue weighted by atomic mass is 9.88. The van der Waals surface area contributed by atoms with E-state index in [1.807, 2.05) is 32.9 Å². The first kappa shape index (κ1) is 17.1. The lowest BCUT2D eigenvalue weighted by molar-refractivity contribution is 0.0728. The molecular weight excluding hydrogens is 276 g/mol. The molecule has 1 aliphatic rings. The molecule has 124 valence electrons. The van der Waals surface area contributed by atoms with E-state index in [9.17, 15) is 0 Å². The minimum absolute atomic E-state index is 0.204. The van der Waals surface area contributed by atoms with E-state index >= 15 is 0 Å². The number of ether oxygens (including phenoxy) is 2. The van der Waals surface area contributed by atoms with Crippen LogP contribution in [0.15, 0.2) is 18.3 Å². The molecule has 22 heavy (non-hydrogen) atoms. The standard InChI is InChI=1S/C18H30N2O2/c1-12(2)13(3)20-14-9-16(10-14)21-17-8-7-15(11-19-17)22-18(4,5)6/h7-8,11-14,16,20H,9-10H2,1-6H3/t13-,14?,16?/m0/s1. The van der Waals surface area contributed by atoms with Crippen molar-refractivity contribution in [2.45, 2.75) is 78.2 Å². The maximum atomic E-state index is 5.90. The smallest absolute Gasteiger partial charge is 0.213 e. The van der Waals surface area contributed by atoms with Crippen LogP contribution in [0.3, 0.4) is 0 Å². The van der Waals surface area contributed by atoms with E-state index in [0.29, 0.717) is 23.9 Å². The Hall–Kier alpha value is -1.29. The molecule has 0 amide bonds. The molecular formula is C18H30N2O2. The average Bonchev–Trinajstić information content (AvgIpc) is 2.36. The van der Waals surface area contributed by atoms with Gasteiger partial charge in [0.05, 0.1) is 6.20 Å². The lowest BCUT2D eigenvalue weighted by Crippen LogP contribution is -2.50. The zero-order valence-electron chi connectivity index (χ0n) is 14.7. The first-order chi connectivity index (χ1) is 10.2. The van der Waals surface area contributed by atoms with Gasteiger partial charge in [0.25, 0.3) is 0 Å². The van der Waals surface area contributed by atoms with Gasteiger partial charge in [-0.3, -0.25) is 0 Å². The third-order valence-electron chi connectivity index (χ3n) is 4.01. The van der Waals surface area contributed by atoms with Gasteiger partial charge < -0.3 is 14.8 Å². The van der Waals surface area contributed by atoms with Gasteiger partial charge in [0.1, 0.15) is 17.5 Å². The lowest BCUT2D eigenvalue weighted by Gasteiger charge is -2.38. The van der Waals surface area contributed by atoms with E-state index in [-0.39, 0.29) is 11.7 Å². The van der Waals surface area contributed by atoms with Crippen LogP contribution in [0.5, 0.6) is 11.6 Å². The number of hydrogen-bond acceptors (Lipinski definition) is 4. The van der Waals surface area contributed by atoms with Crippen molar-refractivity contribution in [3.63, 3.8) is 0 Å². The van der Waals surface area contributed by atoms with Crippen molar-refractivity contribution in [2.75, 3.05) is 0 Å². The van der Waals surface area contributed by atoms with Crippen LogP contribution in [0.25, 0.3) is 0 Å². The largest absolute Gasteiger partial charge is 0.487 e. The fourth-order valence-electron chi connectivity index (χ4n) is 2.38. The fraction of sp³-hybridized carbons (Fsp3) is 0.722. The summed E-state index contributed by atoms with van der Waals surface area (Å²) in [6, 6.07) is 4.94. The van der Waals surface area contributed by atoms with Crippen LogP contribution in [-0.4, -0.2) is 28.8 Å². The molecule has 1 aliphatic carbocycles. The molecule has 4 heteroatoms. The Morgan fingerprint density at radius 2 is 1.86 bits per heavy atom. The summed E-state index contributed by atoms with van der Waals surface area (Å²) in [5, 5.41) is 3.65. The molecule has 0 aliphatic heterocycles. The summed E-state index contributed by atoms with van der Waals surface area (Å²) in [7, 11) is 0. The minimum Gasteiger partial charge on any atom is -0.487 e. The Morgan fingerprint density at radius 1 is 1.18 bits per heavy atom.